The molecule has 9 N–H and O–H groups in total. The van der Waals surface area contributed by atoms with Crippen LogP contribution in [0.3, 0.4) is 0 Å². The summed E-state index contributed by atoms with van der Waals surface area (Å²) < 4.78 is 0. The van der Waals surface area contributed by atoms with E-state index < -0.39 is 47.9 Å². The van der Waals surface area contributed by atoms with Gasteiger partial charge in [0.2, 0.25) is 17.7 Å². The van der Waals surface area contributed by atoms with Gasteiger partial charge in [-0.25, -0.2) is 4.79 Å². The van der Waals surface area contributed by atoms with Crippen LogP contribution in [0.1, 0.15) is 44.2 Å². The third-order valence-corrected chi connectivity index (χ3v) is 7.18. The fourth-order valence-corrected chi connectivity index (χ4v) is 4.75. The summed E-state index contributed by atoms with van der Waals surface area (Å²) in [4.78, 5) is 55.2. The van der Waals surface area contributed by atoms with E-state index in [1.54, 1.807) is 20.0 Å². The van der Waals surface area contributed by atoms with Crippen LogP contribution in [0.15, 0.2) is 60.8 Å². The maximum Gasteiger partial charge on any atom is 0.326 e. The van der Waals surface area contributed by atoms with Crippen molar-refractivity contribution in [3.8, 4) is 0 Å². The standard InChI is InChI=1S/C31H42N6O5/c1-19(2)27(31(41)42)37-30(40)26(17-21-18-34-24-14-7-6-12-22(21)24)36-29(39)25(16-20-10-4-3-5-11-20)35-28(38)23(33)13-8-9-15-32/h3-7,10-12,14,18-19,23,25-27,34H,8-9,13,15-17,32-33H2,1-2H3,(H,35,38)(H,36,39)(H,37,40)(H,41,42). The molecule has 0 aliphatic carbocycles. The number of carboxylic acids is 1. The average Bonchev–Trinajstić information content (AvgIpc) is 3.37. The predicted molar refractivity (Wildman–Crippen MR) is 161 cm³/mol. The number of unbranched alkanes of at least 4 members (excludes halogenated alkanes) is 1. The van der Waals surface area contributed by atoms with E-state index in [-0.39, 0.29) is 18.8 Å². The van der Waals surface area contributed by atoms with Crippen LogP contribution in [0.2, 0.25) is 0 Å². The minimum absolute atomic E-state index is 0.0939. The fourth-order valence-electron chi connectivity index (χ4n) is 4.75. The molecule has 11 nitrogen and oxygen atoms in total. The van der Waals surface area contributed by atoms with E-state index in [9.17, 15) is 24.3 Å². The fraction of sp³-hybridized carbons (Fsp3) is 0.419. The molecule has 3 amide bonds. The number of carboxylic acid groups (broad SMARTS) is 1. The first-order valence-corrected chi connectivity index (χ1v) is 14.3. The Morgan fingerprint density at radius 1 is 0.833 bits per heavy atom. The van der Waals surface area contributed by atoms with Crippen LogP contribution in [-0.4, -0.2) is 64.5 Å². The highest BCUT2D eigenvalue weighted by Gasteiger charge is 2.32. The first kappa shape index (κ1) is 32.3. The molecule has 0 aliphatic rings. The summed E-state index contributed by atoms with van der Waals surface area (Å²) in [5.74, 6) is -3.27. The number of nitrogens with two attached hydrogens (primary N) is 2. The van der Waals surface area contributed by atoms with Crippen molar-refractivity contribution in [2.24, 2.45) is 17.4 Å². The van der Waals surface area contributed by atoms with Gasteiger partial charge in [0.1, 0.15) is 18.1 Å². The number of carbonyl (C=O) groups excluding carboxylic acids is 3. The predicted octanol–water partition coefficient (Wildman–Crippen LogP) is 1.60. The molecule has 4 unspecified atom stereocenters. The number of rotatable bonds is 16. The van der Waals surface area contributed by atoms with Crippen LogP contribution < -0.4 is 27.4 Å². The van der Waals surface area contributed by atoms with Gasteiger partial charge in [0.25, 0.3) is 0 Å². The third kappa shape index (κ3) is 9.15. The lowest BCUT2D eigenvalue weighted by atomic mass is 10.00. The molecular formula is C31H42N6O5. The topological polar surface area (TPSA) is 192 Å². The van der Waals surface area contributed by atoms with E-state index in [4.69, 9.17) is 11.5 Å². The highest BCUT2D eigenvalue weighted by Crippen LogP contribution is 2.19. The summed E-state index contributed by atoms with van der Waals surface area (Å²) in [7, 11) is 0. The molecule has 1 heterocycles. The molecule has 42 heavy (non-hydrogen) atoms. The summed E-state index contributed by atoms with van der Waals surface area (Å²) in [5.41, 5.74) is 14.1. The minimum atomic E-state index is -1.17. The van der Waals surface area contributed by atoms with Crippen molar-refractivity contribution in [2.45, 2.75) is 70.1 Å². The van der Waals surface area contributed by atoms with Crippen LogP contribution in [0, 0.1) is 5.92 Å². The molecule has 3 rings (SSSR count). The number of benzene rings is 2. The number of hydrogen-bond donors (Lipinski definition) is 7. The quantitative estimate of drug-likeness (QED) is 0.125. The van der Waals surface area contributed by atoms with Gasteiger partial charge in [0, 0.05) is 29.9 Å². The van der Waals surface area contributed by atoms with Crippen LogP contribution in [0.5, 0.6) is 0 Å². The molecule has 0 bridgehead atoms. The first-order valence-electron chi connectivity index (χ1n) is 14.3. The van der Waals surface area contributed by atoms with Gasteiger partial charge < -0.3 is 37.5 Å². The molecule has 2 aromatic carbocycles. The molecule has 0 saturated carbocycles. The summed E-state index contributed by atoms with van der Waals surface area (Å²) in [6.07, 6.45) is 3.84. The maximum absolute atomic E-state index is 13.7. The van der Waals surface area contributed by atoms with E-state index in [0.717, 1.165) is 28.5 Å². The van der Waals surface area contributed by atoms with Gasteiger partial charge in [-0.15, -0.1) is 0 Å². The molecule has 3 aromatic rings. The van der Waals surface area contributed by atoms with Gasteiger partial charge in [0.15, 0.2) is 0 Å². The van der Waals surface area contributed by atoms with E-state index in [2.05, 4.69) is 20.9 Å². The number of hydrogen-bond acceptors (Lipinski definition) is 6. The first-order chi connectivity index (χ1) is 20.1. The zero-order chi connectivity index (χ0) is 30.6. The van der Waals surface area contributed by atoms with Crippen molar-refractivity contribution in [1.82, 2.24) is 20.9 Å². The number of carbonyl (C=O) groups is 4. The molecule has 0 saturated heterocycles. The monoisotopic (exact) mass is 578 g/mol. The zero-order valence-electron chi connectivity index (χ0n) is 24.1. The Labute approximate surface area is 245 Å². The van der Waals surface area contributed by atoms with Crippen molar-refractivity contribution < 1.29 is 24.3 Å². The number of H-pyrrole nitrogens is 1. The lowest BCUT2D eigenvalue weighted by molar-refractivity contribution is -0.143. The van der Waals surface area contributed by atoms with Gasteiger partial charge in [-0.05, 0) is 42.5 Å². The molecule has 0 aliphatic heterocycles. The Morgan fingerprint density at radius 3 is 2.12 bits per heavy atom. The minimum Gasteiger partial charge on any atom is -0.480 e. The van der Waals surface area contributed by atoms with Crippen molar-refractivity contribution in [3.05, 3.63) is 71.9 Å². The number of aromatic nitrogens is 1. The second kappa shape index (κ2) is 15.7. The molecule has 11 heteroatoms. The highest BCUT2D eigenvalue weighted by atomic mass is 16.4. The number of aliphatic carboxylic acids is 1. The lowest BCUT2D eigenvalue weighted by Gasteiger charge is -2.26. The Bertz CT molecular complexity index is 1340. The highest BCUT2D eigenvalue weighted by molar-refractivity contribution is 5.95. The van der Waals surface area contributed by atoms with Gasteiger partial charge in [-0.2, -0.15) is 0 Å². The Morgan fingerprint density at radius 2 is 1.45 bits per heavy atom. The molecule has 4 atom stereocenters. The summed E-state index contributed by atoms with van der Waals surface area (Å²) in [5, 5.41) is 18.7. The normalized spacial score (nSPS) is 14.1. The number of aromatic amines is 1. The summed E-state index contributed by atoms with van der Waals surface area (Å²) in [6.45, 7) is 3.87. The average molecular weight is 579 g/mol. The third-order valence-electron chi connectivity index (χ3n) is 7.18. The smallest absolute Gasteiger partial charge is 0.326 e. The number of amides is 3. The number of para-hydroxylation sites is 1. The number of nitrogens with one attached hydrogen (secondary N) is 4. The molecule has 1 aromatic heterocycles. The summed E-state index contributed by atoms with van der Waals surface area (Å²) in [6, 6.07) is 12.6. The number of fused-ring (bicyclic) bond motifs is 1. The van der Waals surface area contributed by atoms with E-state index in [1.807, 2.05) is 54.6 Å². The Balaban J connectivity index is 1.87. The van der Waals surface area contributed by atoms with Crippen LogP contribution in [0.25, 0.3) is 10.9 Å². The molecule has 0 fully saturated rings. The molecular weight excluding hydrogens is 536 g/mol. The lowest BCUT2D eigenvalue weighted by Crippen LogP contribution is -2.58. The van der Waals surface area contributed by atoms with Crippen LogP contribution in [0.4, 0.5) is 0 Å². The van der Waals surface area contributed by atoms with E-state index >= 15 is 0 Å². The summed E-state index contributed by atoms with van der Waals surface area (Å²) >= 11 is 0. The molecule has 0 spiro atoms. The van der Waals surface area contributed by atoms with E-state index in [0.29, 0.717) is 19.4 Å². The zero-order valence-corrected chi connectivity index (χ0v) is 24.1. The molecule has 0 radical (unpaired) electrons. The Hall–Kier alpha value is -4.22. The van der Waals surface area contributed by atoms with E-state index in [1.165, 1.54) is 0 Å². The van der Waals surface area contributed by atoms with Crippen LogP contribution in [-0.2, 0) is 32.0 Å². The van der Waals surface area contributed by atoms with Gasteiger partial charge in [-0.1, -0.05) is 68.8 Å². The van der Waals surface area contributed by atoms with Crippen molar-refractivity contribution >= 4 is 34.6 Å². The van der Waals surface area contributed by atoms with Crippen molar-refractivity contribution in [2.75, 3.05) is 6.54 Å². The van der Waals surface area contributed by atoms with Gasteiger partial charge in [-0.3, -0.25) is 14.4 Å². The van der Waals surface area contributed by atoms with Gasteiger partial charge >= 0.3 is 5.97 Å². The Kier molecular flexibility index (Phi) is 12.1. The van der Waals surface area contributed by atoms with Gasteiger partial charge in [0.05, 0.1) is 6.04 Å². The maximum atomic E-state index is 13.7. The largest absolute Gasteiger partial charge is 0.480 e. The molecule has 226 valence electrons. The van der Waals surface area contributed by atoms with Crippen molar-refractivity contribution in [3.63, 3.8) is 0 Å². The second-order valence-corrected chi connectivity index (χ2v) is 10.8. The SMILES string of the molecule is CC(C)C(NC(=O)C(Cc1c[nH]c2ccccc12)NC(=O)C(Cc1ccccc1)NC(=O)C(N)CCCCN)C(=O)O. The van der Waals surface area contributed by atoms with Crippen LogP contribution >= 0.6 is 0 Å². The van der Waals surface area contributed by atoms with Crippen molar-refractivity contribution in [1.29, 1.82) is 0 Å². The second-order valence-electron chi connectivity index (χ2n) is 10.8.